The average molecular weight is 275 g/mol. The normalized spacial score (nSPS) is 23.6. The minimum absolute atomic E-state index is 0.356. The molecule has 20 heavy (non-hydrogen) atoms. The van der Waals surface area contributed by atoms with Gasteiger partial charge in [-0.05, 0) is 48.8 Å². The van der Waals surface area contributed by atoms with Crippen LogP contribution >= 0.6 is 0 Å². The van der Waals surface area contributed by atoms with E-state index >= 15 is 0 Å². The molecule has 1 aliphatic rings. The maximum Gasteiger partial charge on any atom is 0.373 e. The molecule has 1 radical (unpaired) electrons. The summed E-state index contributed by atoms with van der Waals surface area (Å²) in [6, 6.07) is 7.44. The van der Waals surface area contributed by atoms with Crippen LogP contribution in [0.3, 0.4) is 0 Å². The lowest BCUT2D eigenvalue weighted by molar-refractivity contribution is -0.253. The van der Waals surface area contributed by atoms with Crippen molar-refractivity contribution >= 4 is 5.97 Å². The molecule has 2 atom stereocenters. The van der Waals surface area contributed by atoms with Crippen molar-refractivity contribution in [3.8, 4) is 0 Å². The van der Waals surface area contributed by atoms with E-state index in [1.165, 1.54) is 12.0 Å². The average Bonchev–Trinajstić information content (AvgIpc) is 2.46. The van der Waals surface area contributed by atoms with Gasteiger partial charge in [-0.1, -0.05) is 39.3 Å². The highest BCUT2D eigenvalue weighted by Gasteiger charge is 2.32. The van der Waals surface area contributed by atoms with Crippen LogP contribution < -0.4 is 0 Å². The number of aryl methyl sites for hydroxylation is 1. The SMILES string of the molecule is CCc1ccc(C(=O)OO[C]2C(C)CCCC2C)cc1. The van der Waals surface area contributed by atoms with E-state index in [9.17, 15) is 4.79 Å². The molecule has 1 aliphatic carbocycles. The van der Waals surface area contributed by atoms with E-state index < -0.39 is 5.97 Å². The van der Waals surface area contributed by atoms with E-state index in [4.69, 9.17) is 9.78 Å². The van der Waals surface area contributed by atoms with Crippen LogP contribution in [0.5, 0.6) is 0 Å². The Bertz CT molecular complexity index is 428. The van der Waals surface area contributed by atoms with E-state index in [0.29, 0.717) is 17.4 Å². The van der Waals surface area contributed by atoms with Crippen molar-refractivity contribution in [3.63, 3.8) is 0 Å². The van der Waals surface area contributed by atoms with Gasteiger partial charge >= 0.3 is 5.97 Å². The summed E-state index contributed by atoms with van der Waals surface area (Å²) in [7, 11) is 0. The van der Waals surface area contributed by atoms with Crippen LogP contribution in [0, 0.1) is 17.9 Å². The molecule has 1 fully saturated rings. The molecule has 3 nitrogen and oxygen atoms in total. The van der Waals surface area contributed by atoms with Crippen LogP contribution in [0.25, 0.3) is 0 Å². The van der Waals surface area contributed by atoms with Crippen molar-refractivity contribution in [1.29, 1.82) is 0 Å². The second-order valence-corrected chi connectivity index (χ2v) is 5.64. The monoisotopic (exact) mass is 275 g/mol. The highest BCUT2D eigenvalue weighted by Crippen LogP contribution is 2.37. The van der Waals surface area contributed by atoms with E-state index in [2.05, 4.69) is 20.8 Å². The fourth-order valence-corrected chi connectivity index (χ4v) is 2.68. The molecule has 0 saturated heterocycles. The Morgan fingerprint density at radius 2 is 1.75 bits per heavy atom. The summed E-state index contributed by atoms with van der Waals surface area (Å²) < 4.78 is 0. The van der Waals surface area contributed by atoms with Crippen molar-refractivity contribution in [2.75, 3.05) is 0 Å². The number of carbonyl (C=O) groups excluding carboxylic acids is 1. The zero-order valence-corrected chi connectivity index (χ0v) is 12.5. The Hall–Kier alpha value is -1.35. The van der Waals surface area contributed by atoms with Crippen LogP contribution in [0.15, 0.2) is 24.3 Å². The van der Waals surface area contributed by atoms with Gasteiger partial charge in [-0.2, -0.15) is 4.89 Å². The second kappa shape index (κ2) is 6.89. The summed E-state index contributed by atoms with van der Waals surface area (Å²) in [5.41, 5.74) is 1.73. The van der Waals surface area contributed by atoms with Crippen LogP contribution in [0.2, 0.25) is 0 Å². The van der Waals surface area contributed by atoms with Crippen molar-refractivity contribution in [3.05, 3.63) is 41.5 Å². The van der Waals surface area contributed by atoms with Crippen molar-refractivity contribution in [2.45, 2.75) is 46.5 Å². The Balaban J connectivity index is 1.90. The Morgan fingerprint density at radius 1 is 1.15 bits per heavy atom. The molecule has 1 saturated carbocycles. The van der Waals surface area contributed by atoms with Gasteiger partial charge in [-0.15, -0.1) is 0 Å². The first-order chi connectivity index (χ1) is 9.61. The van der Waals surface area contributed by atoms with Crippen LogP contribution in [0.4, 0.5) is 0 Å². The van der Waals surface area contributed by atoms with Gasteiger partial charge in [0.25, 0.3) is 0 Å². The first kappa shape index (κ1) is 15.0. The van der Waals surface area contributed by atoms with Gasteiger partial charge in [0.05, 0.1) is 5.56 Å². The van der Waals surface area contributed by atoms with Crippen LogP contribution in [-0.4, -0.2) is 5.97 Å². The quantitative estimate of drug-likeness (QED) is 0.606. The smallest absolute Gasteiger partial charge is 0.292 e. The molecule has 0 aliphatic heterocycles. The van der Waals surface area contributed by atoms with Crippen LogP contribution in [0.1, 0.15) is 56.0 Å². The maximum absolute atomic E-state index is 11.9. The number of benzene rings is 1. The van der Waals surface area contributed by atoms with Gasteiger partial charge in [-0.3, -0.25) is 4.89 Å². The van der Waals surface area contributed by atoms with Gasteiger partial charge in [0.1, 0.15) is 0 Å². The first-order valence-electron chi connectivity index (χ1n) is 7.46. The van der Waals surface area contributed by atoms with Gasteiger partial charge < -0.3 is 0 Å². The fourth-order valence-electron chi connectivity index (χ4n) is 2.68. The lowest BCUT2D eigenvalue weighted by Gasteiger charge is -2.31. The highest BCUT2D eigenvalue weighted by molar-refractivity contribution is 5.88. The lowest BCUT2D eigenvalue weighted by Crippen LogP contribution is -2.26. The zero-order chi connectivity index (χ0) is 14.5. The van der Waals surface area contributed by atoms with Gasteiger partial charge in [0, 0.05) is 0 Å². The lowest BCUT2D eigenvalue weighted by atomic mass is 9.81. The van der Waals surface area contributed by atoms with E-state index in [-0.39, 0.29) is 0 Å². The Morgan fingerprint density at radius 3 is 2.30 bits per heavy atom. The second-order valence-electron chi connectivity index (χ2n) is 5.64. The van der Waals surface area contributed by atoms with E-state index in [1.54, 1.807) is 12.1 Å². The third kappa shape index (κ3) is 3.60. The molecule has 0 aromatic heterocycles. The Kier molecular flexibility index (Phi) is 5.18. The fraction of sp³-hybridized carbons (Fsp3) is 0.529. The summed E-state index contributed by atoms with van der Waals surface area (Å²) in [6.45, 7) is 6.32. The molecule has 3 heteroatoms. The standard InChI is InChI=1S/C17H23O3/c1-4-14-8-10-15(11-9-14)17(18)20-19-16-12(2)6-5-7-13(16)3/h8-13H,4-7H2,1-3H3. The molecule has 2 rings (SSSR count). The molecule has 0 amide bonds. The largest absolute Gasteiger partial charge is 0.373 e. The van der Waals surface area contributed by atoms with Gasteiger partial charge in [-0.25, -0.2) is 4.79 Å². The van der Waals surface area contributed by atoms with E-state index in [0.717, 1.165) is 25.4 Å². The van der Waals surface area contributed by atoms with Crippen LogP contribution in [-0.2, 0) is 16.2 Å². The van der Waals surface area contributed by atoms with E-state index in [1.807, 2.05) is 12.1 Å². The van der Waals surface area contributed by atoms with Crippen molar-refractivity contribution in [2.24, 2.45) is 11.8 Å². The molecule has 1 aromatic rings. The highest BCUT2D eigenvalue weighted by atomic mass is 17.2. The number of carbonyl (C=O) groups is 1. The molecule has 0 spiro atoms. The predicted octanol–water partition coefficient (Wildman–Crippen LogP) is 4.33. The molecule has 109 valence electrons. The van der Waals surface area contributed by atoms with Gasteiger partial charge in [0.15, 0.2) is 6.10 Å². The van der Waals surface area contributed by atoms with Gasteiger partial charge in [0.2, 0.25) is 0 Å². The topological polar surface area (TPSA) is 35.5 Å². The molecule has 0 heterocycles. The summed E-state index contributed by atoms with van der Waals surface area (Å²) in [6.07, 6.45) is 5.26. The molecular formula is C17H23O3. The molecular weight excluding hydrogens is 252 g/mol. The number of hydrogen-bond acceptors (Lipinski definition) is 3. The molecule has 0 bridgehead atoms. The number of hydrogen-bond donors (Lipinski definition) is 0. The molecule has 1 aromatic carbocycles. The first-order valence-corrected chi connectivity index (χ1v) is 7.46. The Labute approximate surface area is 121 Å². The number of rotatable bonds is 4. The summed E-state index contributed by atoms with van der Waals surface area (Å²) in [4.78, 5) is 22.3. The summed E-state index contributed by atoms with van der Waals surface area (Å²) >= 11 is 0. The minimum atomic E-state index is -0.426. The zero-order valence-electron chi connectivity index (χ0n) is 12.5. The third-order valence-corrected chi connectivity index (χ3v) is 4.06. The third-order valence-electron chi connectivity index (χ3n) is 4.06. The van der Waals surface area contributed by atoms with Crippen molar-refractivity contribution in [1.82, 2.24) is 0 Å². The predicted molar refractivity (Wildman–Crippen MR) is 77.7 cm³/mol. The van der Waals surface area contributed by atoms with Crippen molar-refractivity contribution < 1.29 is 14.6 Å². The molecule has 2 unspecified atom stereocenters. The molecule has 0 N–H and O–H groups in total. The maximum atomic E-state index is 11.9. The minimum Gasteiger partial charge on any atom is -0.292 e. The summed E-state index contributed by atoms with van der Waals surface area (Å²) in [5, 5.41) is 0. The summed E-state index contributed by atoms with van der Waals surface area (Å²) in [5.74, 6) is 0.285.